The number of carbonyl (C=O) groups excluding carboxylic acids is 1. The molecule has 28 heavy (non-hydrogen) atoms. The number of halogens is 1. The van der Waals surface area contributed by atoms with Gasteiger partial charge in [0.25, 0.3) is 0 Å². The number of nitrogens with one attached hydrogen (secondary N) is 2. The van der Waals surface area contributed by atoms with Crippen molar-refractivity contribution in [1.82, 2.24) is 15.1 Å². The average Bonchev–Trinajstić information content (AvgIpc) is 3.20. The van der Waals surface area contributed by atoms with Crippen molar-refractivity contribution in [3.63, 3.8) is 0 Å². The van der Waals surface area contributed by atoms with Gasteiger partial charge in [-0.25, -0.2) is 0 Å². The minimum absolute atomic E-state index is 0.162. The normalized spacial score (nSPS) is 11.8. The number of nitrogens with zero attached hydrogens (tertiary/aromatic N) is 2. The highest BCUT2D eigenvalue weighted by Crippen LogP contribution is 2.27. The van der Waals surface area contributed by atoms with Crippen molar-refractivity contribution in [2.24, 2.45) is 0 Å². The van der Waals surface area contributed by atoms with E-state index >= 15 is 0 Å². The Kier molecular flexibility index (Phi) is 6.68. The summed E-state index contributed by atoms with van der Waals surface area (Å²) in [6.07, 6.45) is 3.69. The first-order valence-corrected chi connectivity index (χ1v) is 9.36. The number of carbonyl (C=O) groups is 1. The lowest BCUT2D eigenvalue weighted by molar-refractivity contribution is -0.117. The van der Waals surface area contributed by atoms with Crippen LogP contribution >= 0.6 is 11.6 Å². The monoisotopic (exact) mass is 398 g/mol. The van der Waals surface area contributed by atoms with Crippen LogP contribution in [0.4, 0.5) is 5.69 Å². The van der Waals surface area contributed by atoms with Crippen LogP contribution in [0.3, 0.4) is 0 Å². The fourth-order valence-electron chi connectivity index (χ4n) is 2.83. The lowest BCUT2D eigenvalue weighted by atomic mass is 10.1. The zero-order chi connectivity index (χ0) is 19.9. The van der Waals surface area contributed by atoms with Crippen LogP contribution < -0.4 is 15.4 Å². The molecule has 0 saturated carbocycles. The van der Waals surface area contributed by atoms with Gasteiger partial charge in [0.1, 0.15) is 5.75 Å². The summed E-state index contributed by atoms with van der Waals surface area (Å²) in [5.74, 6) is 0.402. The predicted molar refractivity (Wildman–Crippen MR) is 111 cm³/mol. The van der Waals surface area contributed by atoms with Crippen LogP contribution in [0.25, 0.3) is 0 Å². The van der Waals surface area contributed by atoms with Crippen LogP contribution in [0.2, 0.25) is 5.02 Å². The molecule has 1 amide bonds. The molecule has 3 aromatic rings. The number of amides is 1. The van der Waals surface area contributed by atoms with E-state index in [0.29, 0.717) is 29.5 Å². The fourth-order valence-corrected chi connectivity index (χ4v) is 3.00. The van der Waals surface area contributed by atoms with Crippen LogP contribution in [0.15, 0.2) is 60.9 Å². The number of ether oxygens (including phenoxy) is 1. The summed E-state index contributed by atoms with van der Waals surface area (Å²) in [5.41, 5.74) is 2.83. The van der Waals surface area contributed by atoms with Gasteiger partial charge in [-0.2, -0.15) is 5.10 Å². The molecular formula is C21H23ClN4O2. The first-order chi connectivity index (χ1) is 13.6. The first-order valence-electron chi connectivity index (χ1n) is 8.99. The number of rotatable bonds is 8. The van der Waals surface area contributed by atoms with Crippen molar-refractivity contribution in [2.75, 3.05) is 12.4 Å². The van der Waals surface area contributed by atoms with E-state index < -0.39 is 6.04 Å². The molecule has 3 rings (SSSR count). The standard InChI is InChI=1S/C21H23ClN4O2/c1-15(21(27)25-19-12-18(22)8-9-20(19)28-2)23-13-16-6-3-4-7-17(16)14-26-11-5-10-24-26/h3-12,15,23H,13-14H2,1-2H3,(H,25,27)/t15-/m1/s1. The SMILES string of the molecule is COc1ccc(Cl)cc1NC(=O)[C@@H](C)NCc1ccccc1Cn1cccn1. The molecule has 1 aromatic heterocycles. The third-order valence-corrected chi connectivity index (χ3v) is 4.66. The molecule has 0 aliphatic rings. The van der Waals surface area contributed by atoms with Gasteiger partial charge < -0.3 is 15.4 Å². The van der Waals surface area contributed by atoms with Crippen LogP contribution in [-0.2, 0) is 17.9 Å². The summed E-state index contributed by atoms with van der Waals surface area (Å²) in [7, 11) is 1.55. The molecule has 2 N–H and O–H groups in total. The van der Waals surface area contributed by atoms with Crippen LogP contribution in [0.5, 0.6) is 5.75 Å². The highest BCUT2D eigenvalue weighted by atomic mass is 35.5. The molecule has 0 radical (unpaired) electrons. The number of aromatic nitrogens is 2. The first kappa shape index (κ1) is 19.9. The largest absolute Gasteiger partial charge is 0.495 e. The Morgan fingerprint density at radius 1 is 1.21 bits per heavy atom. The van der Waals surface area contributed by atoms with Crippen molar-refractivity contribution in [1.29, 1.82) is 0 Å². The van der Waals surface area contributed by atoms with Crippen LogP contribution in [0, 0.1) is 0 Å². The molecule has 0 unspecified atom stereocenters. The van der Waals surface area contributed by atoms with Gasteiger partial charge in [0.2, 0.25) is 5.91 Å². The van der Waals surface area contributed by atoms with Gasteiger partial charge in [-0.15, -0.1) is 0 Å². The number of benzene rings is 2. The maximum absolute atomic E-state index is 12.6. The Labute approximate surface area is 169 Å². The molecule has 0 bridgehead atoms. The summed E-state index contributed by atoms with van der Waals surface area (Å²) in [6, 6.07) is 14.7. The molecule has 2 aromatic carbocycles. The maximum Gasteiger partial charge on any atom is 0.241 e. The lowest BCUT2D eigenvalue weighted by Gasteiger charge is -2.17. The van der Waals surface area contributed by atoms with Crippen molar-refractivity contribution >= 4 is 23.2 Å². The van der Waals surface area contributed by atoms with Crippen molar-refractivity contribution < 1.29 is 9.53 Å². The Balaban J connectivity index is 1.62. The summed E-state index contributed by atoms with van der Waals surface area (Å²) in [4.78, 5) is 12.6. The molecule has 0 aliphatic heterocycles. The van der Waals surface area contributed by atoms with Gasteiger partial charge in [-0.1, -0.05) is 35.9 Å². The number of methoxy groups -OCH3 is 1. The van der Waals surface area contributed by atoms with E-state index in [4.69, 9.17) is 16.3 Å². The Morgan fingerprint density at radius 3 is 2.71 bits per heavy atom. The molecule has 7 heteroatoms. The van der Waals surface area contributed by atoms with E-state index in [0.717, 1.165) is 11.1 Å². The summed E-state index contributed by atoms with van der Waals surface area (Å²) in [5, 5.41) is 10.9. The molecule has 0 aliphatic carbocycles. The van der Waals surface area contributed by atoms with Gasteiger partial charge in [0, 0.05) is 24.0 Å². The van der Waals surface area contributed by atoms with Gasteiger partial charge in [0.15, 0.2) is 0 Å². The minimum atomic E-state index is -0.401. The van der Waals surface area contributed by atoms with E-state index in [9.17, 15) is 4.79 Å². The average molecular weight is 399 g/mol. The summed E-state index contributed by atoms with van der Waals surface area (Å²) < 4.78 is 7.15. The third kappa shape index (κ3) is 5.12. The second-order valence-corrected chi connectivity index (χ2v) is 6.85. The molecule has 1 atom stereocenters. The lowest BCUT2D eigenvalue weighted by Crippen LogP contribution is -2.37. The van der Waals surface area contributed by atoms with Crippen molar-refractivity contribution in [3.8, 4) is 5.75 Å². The molecule has 146 valence electrons. The zero-order valence-electron chi connectivity index (χ0n) is 15.9. The highest BCUT2D eigenvalue weighted by Gasteiger charge is 2.15. The fraction of sp³-hybridized carbons (Fsp3) is 0.238. The zero-order valence-corrected chi connectivity index (χ0v) is 16.6. The molecular weight excluding hydrogens is 376 g/mol. The van der Waals surface area contributed by atoms with Crippen molar-refractivity contribution in [3.05, 3.63) is 77.1 Å². The topological polar surface area (TPSA) is 68.2 Å². The second-order valence-electron chi connectivity index (χ2n) is 6.41. The predicted octanol–water partition coefficient (Wildman–Crippen LogP) is 3.71. The smallest absolute Gasteiger partial charge is 0.241 e. The quantitative estimate of drug-likeness (QED) is 0.607. The molecule has 6 nitrogen and oxygen atoms in total. The van der Waals surface area contributed by atoms with Crippen LogP contribution in [-0.4, -0.2) is 28.8 Å². The third-order valence-electron chi connectivity index (χ3n) is 4.42. The van der Waals surface area contributed by atoms with E-state index in [1.165, 1.54) is 0 Å². The molecule has 0 fully saturated rings. The van der Waals surface area contributed by atoms with Crippen LogP contribution in [0.1, 0.15) is 18.1 Å². The van der Waals surface area contributed by atoms with Gasteiger partial charge in [-0.3, -0.25) is 9.48 Å². The summed E-state index contributed by atoms with van der Waals surface area (Å²) >= 11 is 6.02. The molecule has 0 saturated heterocycles. The number of anilines is 1. The minimum Gasteiger partial charge on any atom is -0.495 e. The Bertz CT molecular complexity index is 928. The van der Waals surface area contributed by atoms with E-state index in [2.05, 4.69) is 27.9 Å². The van der Waals surface area contributed by atoms with Gasteiger partial charge in [0.05, 0.1) is 25.4 Å². The van der Waals surface area contributed by atoms with Gasteiger partial charge >= 0.3 is 0 Å². The van der Waals surface area contributed by atoms with Gasteiger partial charge in [-0.05, 0) is 42.3 Å². The van der Waals surface area contributed by atoms with Crippen molar-refractivity contribution in [2.45, 2.75) is 26.1 Å². The van der Waals surface area contributed by atoms with E-state index in [-0.39, 0.29) is 5.91 Å². The molecule has 0 spiro atoms. The molecule has 1 heterocycles. The Hall–Kier alpha value is -2.83. The van der Waals surface area contributed by atoms with E-state index in [1.807, 2.05) is 36.0 Å². The highest BCUT2D eigenvalue weighted by molar-refractivity contribution is 6.31. The Morgan fingerprint density at radius 2 is 2.00 bits per heavy atom. The second kappa shape index (κ2) is 9.39. The maximum atomic E-state index is 12.6. The summed E-state index contributed by atoms with van der Waals surface area (Å²) in [6.45, 7) is 3.08. The van der Waals surface area contributed by atoms with E-state index in [1.54, 1.807) is 31.5 Å². The number of hydrogen-bond donors (Lipinski definition) is 2. The number of hydrogen-bond acceptors (Lipinski definition) is 4.